The molecule has 0 aliphatic carbocycles. The van der Waals surface area contributed by atoms with E-state index in [9.17, 15) is 4.79 Å². The van der Waals surface area contributed by atoms with Gasteiger partial charge in [-0.25, -0.2) is 14.6 Å². The third-order valence-corrected chi connectivity index (χ3v) is 3.43. The molecule has 0 aliphatic heterocycles. The lowest BCUT2D eigenvalue weighted by atomic mass is 10.1. The molecule has 1 aromatic carbocycles. The number of benzene rings is 1. The van der Waals surface area contributed by atoms with Crippen LogP contribution in [0.25, 0.3) is 17.1 Å². The molecular formula is C16H13ClN4O. The predicted octanol–water partition coefficient (Wildman–Crippen LogP) is 3.41. The van der Waals surface area contributed by atoms with E-state index >= 15 is 0 Å². The van der Waals surface area contributed by atoms with Crippen LogP contribution in [0.1, 0.15) is 21.9 Å². The van der Waals surface area contributed by atoms with E-state index in [1.165, 1.54) is 0 Å². The van der Waals surface area contributed by atoms with Gasteiger partial charge in [-0.1, -0.05) is 23.7 Å². The molecule has 0 atom stereocenters. The van der Waals surface area contributed by atoms with Crippen LogP contribution >= 0.6 is 11.6 Å². The van der Waals surface area contributed by atoms with Crippen LogP contribution in [0, 0.1) is 13.8 Å². The molecule has 0 fully saturated rings. The van der Waals surface area contributed by atoms with E-state index in [1.54, 1.807) is 23.0 Å². The van der Waals surface area contributed by atoms with Crippen molar-refractivity contribution in [2.75, 3.05) is 0 Å². The van der Waals surface area contributed by atoms with Gasteiger partial charge in [0, 0.05) is 28.5 Å². The standard InChI is InChI=1S/C16H13ClN4O/c1-10-7-15(19-11(2)18-10)21-8-13(9-22)16(20-21)12-3-5-14(17)6-4-12/h3-9H,1-2H3. The number of nitrogens with zero attached hydrogens (tertiary/aromatic N) is 4. The summed E-state index contributed by atoms with van der Waals surface area (Å²) >= 11 is 5.90. The first-order valence-electron chi connectivity index (χ1n) is 6.70. The van der Waals surface area contributed by atoms with Crippen molar-refractivity contribution in [1.29, 1.82) is 0 Å². The smallest absolute Gasteiger partial charge is 0.157 e. The summed E-state index contributed by atoms with van der Waals surface area (Å²) < 4.78 is 1.59. The van der Waals surface area contributed by atoms with E-state index in [0.717, 1.165) is 17.5 Å². The number of hydrogen-bond donors (Lipinski definition) is 0. The molecule has 0 bridgehead atoms. The van der Waals surface area contributed by atoms with Crippen molar-refractivity contribution >= 4 is 17.9 Å². The normalized spacial score (nSPS) is 10.7. The van der Waals surface area contributed by atoms with Crippen molar-refractivity contribution in [2.45, 2.75) is 13.8 Å². The summed E-state index contributed by atoms with van der Waals surface area (Å²) in [5.41, 5.74) is 2.77. The Morgan fingerprint density at radius 1 is 1.14 bits per heavy atom. The fourth-order valence-electron chi connectivity index (χ4n) is 2.24. The lowest BCUT2D eigenvalue weighted by Gasteiger charge is -2.03. The Balaban J connectivity index is 2.12. The van der Waals surface area contributed by atoms with Crippen molar-refractivity contribution in [3.63, 3.8) is 0 Å². The number of aromatic nitrogens is 4. The van der Waals surface area contributed by atoms with Gasteiger partial charge in [0.05, 0.1) is 5.56 Å². The minimum Gasteiger partial charge on any atom is -0.298 e. The Morgan fingerprint density at radius 3 is 2.50 bits per heavy atom. The van der Waals surface area contributed by atoms with Gasteiger partial charge in [-0.15, -0.1) is 0 Å². The lowest BCUT2D eigenvalue weighted by molar-refractivity contribution is 0.112. The Kier molecular flexibility index (Phi) is 3.73. The second kappa shape index (κ2) is 5.69. The fraction of sp³-hybridized carbons (Fsp3) is 0.125. The van der Waals surface area contributed by atoms with Gasteiger partial charge in [-0.3, -0.25) is 4.79 Å². The van der Waals surface area contributed by atoms with Gasteiger partial charge in [0.15, 0.2) is 12.1 Å². The molecule has 22 heavy (non-hydrogen) atoms. The maximum atomic E-state index is 11.3. The van der Waals surface area contributed by atoms with Crippen LogP contribution in [0.4, 0.5) is 0 Å². The number of halogens is 1. The topological polar surface area (TPSA) is 60.7 Å². The zero-order valence-electron chi connectivity index (χ0n) is 12.1. The van der Waals surface area contributed by atoms with Crippen LogP contribution in [-0.2, 0) is 0 Å². The summed E-state index contributed by atoms with van der Waals surface area (Å²) in [5.74, 6) is 1.29. The van der Waals surface area contributed by atoms with Crippen molar-refractivity contribution in [1.82, 2.24) is 19.7 Å². The number of hydrogen-bond acceptors (Lipinski definition) is 4. The molecule has 0 saturated carbocycles. The quantitative estimate of drug-likeness (QED) is 0.695. The third kappa shape index (κ3) is 2.76. The highest BCUT2D eigenvalue weighted by molar-refractivity contribution is 6.30. The van der Waals surface area contributed by atoms with Gasteiger partial charge in [-0.2, -0.15) is 5.10 Å². The predicted molar refractivity (Wildman–Crippen MR) is 84.5 cm³/mol. The number of aldehydes is 1. The van der Waals surface area contributed by atoms with E-state index in [2.05, 4.69) is 15.1 Å². The molecule has 0 aliphatic rings. The molecule has 2 aromatic heterocycles. The average Bonchev–Trinajstić information content (AvgIpc) is 2.91. The first kappa shape index (κ1) is 14.4. The zero-order chi connectivity index (χ0) is 15.7. The van der Waals surface area contributed by atoms with Crippen LogP contribution < -0.4 is 0 Å². The highest BCUT2D eigenvalue weighted by Crippen LogP contribution is 2.24. The molecule has 0 saturated heterocycles. The number of aryl methyl sites for hydroxylation is 2. The van der Waals surface area contributed by atoms with Gasteiger partial charge in [0.25, 0.3) is 0 Å². The van der Waals surface area contributed by atoms with Crippen molar-refractivity contribution in [2.24, 2.45) is 0 Å². The van der Waals surface area contributed by atoms with Crippen LogP contribution in [0.15, 0.2) is 36.5 Å². The monoisotopic (exact) mass is 312 g/mol. The Labute approximate surface area is 132 Å². The first-order valence-corrected chi connectivity index (χ1v) is 7.08. The second-order valence-corrected chi connectivity index (χ2v) is 5.35. The van der Waals surface area contributed by atoms with Crippen molar-refractivity contribution in [3.8, 4) is 17.1 Å². The number of carbonyl (C=O) groups excluding carboxylic acids is 1. The summed E-state index contributed by atoms with van der Waals surface area (Å²) in [6.45, 7) is 3.71. The molecule has 3 aromatic rings. The van der Waals surface area contributed by atoms with Gasteiger partial charge in [0.2, 0.25) is 0 Å². The summed E-state index contributed by atoms with van der Waals surface area (Å²) in [4.78, 5) is 19.9. The summed E-state index contributed by atoms with van der Waals surface area (Å²) in [5, 5.41) is 5.12. The molecule has 0 N–H and O–H groups in total. The van der Waals surface area contributed by atoms with E-state index in [4.69, 9.17) is 11.6 Å². The van der Waals surface area contributed by atoms with E-state index < -0.39 is 0 Å². The second-order valence-electron chi connectivity index (χ2n) is 4.92. The highest BCUT2D eigenvalue weighted by atomic mass is 35.5. The average molecular weight is 313 g/mol. The Bertz CT molecular complexity index is 820. The van der Waals surface area contributed by atoms with Gasteiger partial charge in [0.1, 0.15) is 11.5 Å². The van der Waals surface area contributed by atoms with Crippen molar-refractivity contribution in [3.05, 3.63) is 58.6 Å². The number of rotatable bonds is 3. The number of carbonyl (C=O) groups is 1. The third-order valence-electron chi connectivity index (χ3n) is 3.17. The largest absolute Gasteiger partial charge is 0.298 e. The van der Waals surface area contributed by atoms with Crippen molar-refractivity contribution < 1.29 is 4.79 Å². The fourth-order valence-corrected chi connectivity index (χ4v) is 2.36. The minimum atomic E-state index is 0.497. The van der Waals surface area contributed by atoms with Gasteiger partial charge in [-0.05, 0) is 26.0 Å². The summed E-state index contributed by atoms with van der Waals surface area (Å²) in [6, 6.07) is 9.02. The molecule has 0 spiro atoms. The molecular weight excluding hydrogens is 300 g/mol. The van der Waals surface area contributed by atoms with Crippen LogP contribution in [0.3, 0.4) is 0 Å². The Hall–Kier alpha value is -2.53. The van der Waals surface area contributed by atoms with Crippen LogP contribution in [-0.4, -0.2) is 26.0 Å². The first-order chi connectivity index (χ1) is 10.6. The summed E-state index contributed by atoms with van der Waals surface area (Å²) in [6.07, 6.45) is 2.45. The maximum Gasteiger partial charge on any atom is 0.157 e. The van der Waals surface area contributed by atoms with E-state index in [1.807, 2.05) is 32.0 Å². The molecule has 110 valence electrons. The molecule has 5 nitrogen and oxygen atoms in total. The molecule has 0 amide bonds. The van der Waals surface area contributed by atoms with E-state index in [0.29, 0.717) is 27.9 Å². The molecule has 2 heterocycles. The molecule has 0 unspecified atom stereocenters. The lowest BCUT2D eigenvalue weighted by Crippen LogP contribution is -2.02. The minimum absolute atomic E-state index is 0.497. The Morgan fingerprint density at radius 2 is 1.86 bits per heavy atom. The van der Waals surface area contributed by atoms with Gasteiger partial charge < -0.3 is 0 Å². The zero-order valence-corrected chi connectivity index (χ0v) is 12.9. The molecule has 6 heteroatoms. The highest BCUT2D eigenvalue weighted by Gasteiger charge is 2.13. The maximum absolute atomic E-state index is 11.3. The van der Waals surface area contributed by atoms with E-state index in [-0.39, 0.29) is 0 Å². The molecule has 3 rings (SSSR count). The summed E-state index contributed by atoms with van der Waals surface area (Å²) in [7, 11) is 0. The van der Waals surface area contributed by atoms with Crippen LogP contribution in [0.2, 0.25) is 5.02 Å². The van der Waals surface area contributed by atoms with Crippen LogP contribution in [0.5, 0.6) is 0 Å². The molecule has 0 radical (unpaired) electrons. The SMILES string of the molecule is Cc1cc(-n2cc(C=O)c(-c3ccc(Cl)cc3)n2)nc(C)n1. The van der Waals surface area contributed by atoms with Gasteiger partial charge >= 0.3 is 0 Å².